The molecule has 4 heteroatoms. The maximum absolute atomic E-state index is 11.4. The fraction of sp³-hybridized carbons (Fsp3) is 0.708. The maximum atomic E-state index is 11.4. The third kappa shape index (κ3) is 2.53. The van der Waals surface area contributed by atoms with Crippen LogP contribution in [-0.2, 0) is 0 Å². The Balaban J connectivity index is 1.48. The molecular weight excluding hydrogens is 352 g/mol. The van der Waals surface area contributed by atoms with Crippen LogP contribution < -0.4 is 5.63 Å². The van der Waals surface area contributed by atoms with Crippen LogP contribution in [0.1, 0.15) is 70.3 Å². The van der Waals surface area contributed by atoms with Gasteiger partial charge >= 0.3 is 5.63 Å². The fourth-order valence-corrected chi connectivity index (χ4v) is 7.72. The molecule has 2 N–H and O–H groups in total. The van der Waals surface area contributed by atoms with Crippen LogP contribution in [0, 0.1) is 28.6 Å². The molecule has 8 atom stereocenters. The topological polar surface area (TPSA) is 70.7 Å². The molecule has 0 spiro atoms. The predicted octanol–water partition coefficient (Wildman–Crippen LogP) is 4.02. The van der Waals surface area contributed by atoms with Crippen molar-refractivity contribution in [1.29, 1.82) is 0 Å². The Morgan fingerprint density at radius 2 is 1.89 bits per heavy atom. The van der Waals surface area contributed by atoms with E-state index in [1.165, 1.54) is 30.9 Å². The van der Waals surface area contributed by atoms with Gasteiger partial charge in [0, 0.05) is 12.0 Å². The minimum absolute atomic E-state index is 0.0356. The molecule has 152 valence electrons. The number of hydrogen-bond acceptors (Lipinski definition) is 4. The first-order valence-electron chi connectivity index (χ1n) is 11.0. The van der Waals surface area contributed by atoms with Crippen LogP contribution in [0.2, 0.25) is 0 Å². The van der Waals surface area contributed by atoms with E-state index in [0.717, 1.165) is 31.2 Å². The first-order chi connectivity index (χ1) is 13.3. The molecule has 0 unspecified atom stereocenters. The summed E-state index contributed by atoms with van der Waals surface area (Å²) in [6.07, 6.45) is 10.7. The highest BCUT2D eigenvalue weighted by Gasteiger charge is 2.59. The van der Waals surface area contributed by atoms with Crippen LogP contribution in [0.15, 0.2) is 39.3 Å². The van der Waals surface area contributed by atoms with Gasteiger partial charge in [0.2, 0.25) is 0 Å². The average molecular weight is 385 g/mol. The van der Waals surface area contributed by atoms with Crippen LogP contribution in [0.5, 0.6) is 0 Å². The molecule has 0 amide bonds. The lowest BCUT2D eigenvalue weighted by Gasteiger charge is -2.59. The van der Waals surface area contributed by atoms with Crippen molar-refractivity contribution in [3.8, 4) is 0 Å². The Labute approximate surface area is 166 Å². The third-order valence-corrected chi connectivity index (χ3v) is 9.16. The summed E-state index contributed by atoms with van der Waals surface area (Å²) in [6, 6.07) is 3.29. The quantitative estimate of drug-likeness (QED) is 0.718. The molecule has 0 saturated heterocycles. The smallest absolute Gasteiger partial charge is 0.335 e. The first kappa shape index (κ1) is 18.6. The molecule has 4 nitrogen and oxygen atoms in total. The second kappa shape index (κ2) is 6.30. The standard InChI is InChI=1S/C24H32O4/c1-23-9-7-16(25)11-15(23)4-5-17-18(23)8-10-24(2)19(17)12-20(26)22(24)14-3-6-21(27)28-13-14/h3,6,12-13,15-18,20,22,25-26H,4-5,7-11H2,1-2H3/t15-,16-,17-,18+,20-,22+,23+,24+/m1/s1. The summed E-state index contributed by atoms with van der Waals surface area (Å²) in [6.45, 7) is 4.78. The van der Waals surface area contributed by atoms with Crippen LogP contribution in [0.3, 0.4) is 0 Å². The first-order valence-corrected chi connectivity index (χ1v) is 11.0. The van der Waals surface area contributed by atoms with Gasteiger partial charge in [-0.15, -0.1) is 0 Å². The number of allylic oxidation sites excluding steroid dienone is 1. The van der Waals surface area contributed by atoms with Crippen LogP contribution in [-0.4, -0.2) is 22.4 Å². The zero-order valence-electron chi connectivity index (χ0n) is 16.9. The van der Waals surface area contributed by atoms with Crippen molar-refractivity contribution in [3.05, 3.63) is 46.0 Å². The minimum atomic E-state index is -0.523. The van der Waals surface area contributed by atoms with E-state index in [1.54, 1.807) is 6.26 Å². The molecule has 28 heavy (non-hydrogen) atoms. The highest BCUT2D eigenvalue weighted by molar-refractivity contribution is 5.39. The van der Waals surface area contributed by atoms with Crippen molar-refractivity contribution in [2.24, 2.45) is 28.6 Å². The summed E-state index contributed by atoms with van der Waals surface area (Å²) in [5.74, 6) is 1.78. The van der Waals surface area contributed by atoms with Gasteiger partial charge < -0.3 is 14.6 Å². The number of rotatable bonds is 1. The van der Waals surface area contributed by atoms with Gasteiger partial charge in [-0.1, -0.05) is 25.5 Å². The van der Waals surface area contributed by atoms with Gasteiger partial charge in [-0.3, -0.25) is 0 Å². The van der Waals surface area contributed by atoms with Crippen molar-refractivity contribution >= 4 is 0 Å². The Hall–Kier alpha value is -1.39. The number of aliphatic hydroxyl groups is 2. The van der Waals surface area contributed by atoms with Crippen molar-refractivity contribution in [2.75, 3.05) is 0 Å². The molecule has 1 aromatic heterocycles. The van der Waals surface area contributed by atoms with Gasteiger partial charge in [-0.05, 0) is 85.2 Å². The minimum Gasteiger partial charge on any atom is -0.431 e. The van der Waals surface area contributed by atoms with E-state index in [1.807, 2.05) is 6.07 Å². The molecule has 0 radical (unpaired) electrons. The van der Waals surface area contributed by atoms with Gasteiger partial charge in [0.05, 0.1) is 18.5 Å². The number of fused-ring (bicyclic) bond motifs is 5. The highest BCUT2D eigenvalue weighted by Crippen LogP contribution is 2.67. The molecule has 1 heterocycles. The van der Waals surface area contributed by atoms with E-state index in [0.29, 0.717) is 23.2 Å². The van der Waals surface area contributed by atoms with Gasteiger partial charge in [0.15, 0.2) is 0 Å². The van der Waals surface area contributed by atoms with E-state index >= 15 is 0 Å². The predicted molar refractivity (Wildman–Crippen MR) is 107 cm³/mol. The van der Waals surface area contributed by atoms with Crippen molar-refractivity contribution in [3.63, 3.8) is 0 Å². The maximum Gasteiger partial charge on any atom is 0.335 e. The van der Waals surface area contributed by atoms with Gasteiger partial charge in [0.25, 0.3) is 0 Å². The molecule has 5 rings (SSSR count). The van der Waals surface area contributed by atoms with E-state index in [9.17, 15) is 15.0 Å². The molecule has 0 aliphatic heterocycles. The van der Waals surface area contributed by atoms with Crippen LogP contribution in [0.4, 0.5) is 0 Å². The fourth-order valence-electron chi connectivity index (χ4n) is 7.72. The molecule has 0 aromatic carbocycles. The molecule has 4 aliphatic rings. The Morgan fingerprint density at radius 1 is 1.07 bits per heavy atom. The highest BCUT2D eigenvalue weighted by atomic mass is 16.4. The summed E-state index contributed by atoms with van der Waals surface area (Å²) in [5, 5.41) is 21.2. The van der Waals surface area contributed by atoms with Gasteiger partial charge in [-0.25, -0.2) is 4.79 Å². The van der Waals surface area contributed by atoms with E-state index < -0.39 is 6.10 Å². The third-order valence-electron chi connectivity index (χ3n) is 9.16. The number of hydrogen-bond donors (Lipinski definition) is 2. The van der Waals surface area contributed by atoms with Crippen molar-refractivity contribution in [1.82, 2.24) is 0 Å². The second-order valence-electron chi connectivity index (χ2n) is 10.4. The van der Waals surface area contributed by atoms with Crippen LogP contribution in [0.25, 0.3) is 0 Å². The molecular formula is C24H32O4. The van der Waals surface area contributed by atoms with Crippen molar-refractivity contribution in [2.45, 2.75) is 76.9 Å². The lowest BCUT2D eigenvalue weighted by atomic mass is 9.46. The molecule has 4 aliphatic carbocycles. The van der Waals surface area contributed by atoms with Crippen LogP contribution >= 0.6 is 0 Å². The second-order valence-corrected chi connectivity index (χ2v) is 10.4. The zero-order chi connectivity index (χ0) is 19.7. The largest absolute Gasteiger partial charge is 0.431 e. The Kier molecular flexibility index (Phi) is 4.19. The van der Waals surface area contributed by atoms with E-state index in [2.05, 4.69) is 19.9 Å². The summed E-state index contributed by atoms with van der Waals surface area (Å²) in [4.78, 5) is 11.4. The number of aliphatic hydroxyl groups excluding tert-OH is 2. The average Bonchev–Trinajstić information content (AvgIpc) is 2.93. The van der Waals surface area contributed by atoms with E-state index in [-0.39, 0.29) is 23.1 Å². The lowest BCUT2D eigenvalue weighted by molar-refractivity contribution is -0.0832. The summed E-state index contributed by atoms with van der Waals surface area (Å²) in [5.41, 5.74) is 2.27. The van der Waals surface area contributed by atoms with Gasteiger partial charge in [0.1, 0.15) is 0 Å². The SMILES string of the molecule is C[C@]12CC[C@@H](O)C[C@H]1CC[C@H]1C3=C[C@@H](O)[C@H](c4ccc(=O)oc4)[C@@]3(C)CC[C@@H]12. The molecule has 3 saturated carbocycles. The molecule has 1 aromatic rings. The summed E-state index contributed by atoms with van der Waals surface area (Å²) in [7, 11) is 0. The summed E-state index contributed by atoms with van der Waals surface area (Å²) >= 11 is 0. The molecule has 3 fully saturated rings. The lowest BCUT2D eigenvalue weighted by Crippen LogP contribution is -2.51. The van der Waals surface area contributed by atoms with Crippen molar-refractivity contribution < 1.29 is 14.6 Å². The Morgan fingerprint density at radius 3 is 2.64 bits per heavy atom. The summed E-state index contributed by atoms with van der Waals surface area (Å²) < 4.78 is 5.13. The monoisotopic (exact) mass is 384 g/mol. The van der Waals surface area contributed by atoms with Gasteiger partial charge in [-0.2, -0.15) is 0 Å². The zero-order valence-corrected chi connectivity index (χ0v) is 16.9. The normalized spacial score (nSPS) is 47.6. The molecule has 0 bridgehead atoms. The Bertz CT molecular complexity index is 836. The van der Waals surface area contributed by atoms with E-state index in [4.69, 9.17) is 4.42 Å².